The van der Waals surface area contributed by atoms with Gasteiger partial charge in [-0.3, -0.25) is 0 Å². The third-order valence-corrected chi connectivity index (χ3v) is 3.40. The Balaban J connectivity index is 2.23. The van der Waals surface area contributed by atoms with E-state index >= 15 is 0 Å². The molecule has 0 bridgehead atoms. The van der Waals surface area contributed by atoms with E-state index in [-0.39, 0.29) is 0 Å². The molecule has 3 nitrogen and oxygen atoms in total. The second kappa shape index (κ2) is 11.4. The van der Waals surface area contributed by atoms with Crippen LogP contribution in [0.2, 0.25) is 0 Å². The lowest BCUT2D eigenvalue weighted by atomic mass is 10.1. The Labute approximate surface area is 130 Å². The Bertz CT molecular complexity index is 368. The molecule has 1 atom stereocenters. The number of nitrogens with one attached hydrogen (secondary N) is 1. The summed E-state index contributed by atoms with van der Waals surface area (Å²) in [6, 6.07) is 8.45. The van der Waals surface area contributed by atoms with Crippen LogP contribution in [0.15, 0.2) is 24.3 Å². The highest BCUT2D eigenvalue weighted by Crippen LogP contribution is 2.26. The third kappa shape index (κ3) is 7.96. The minimum atomic E-state index is 0.562. The molecular weight excluding hydrogens is 262 g/mol. The van der Waals surface area contributed by atoms with E-state index in [9.17, 15) is 0 Å². The number of benzene rings is 1. The monoisotopic (exact) mass is 293 g/mol. The number of para-hydroxylation sites is 2. The molecule has 0 heterocycles. The Kier molecular flexibility index (Phi) is 9.71. The largest absolute Gasteiger partial charge is 0.490 e. The first kappa shape index (κ1) is 17.8. The molecule has 0 spiro atoms. The number of rotatable bonds is 12. The fourth-order valence-corrected chi connectivity index (χ4v) is 2.17. The maximum atomic E-state index is 5.82. The molecule has 0 saturated carbocycles. The highest BCUT2D eigenvalue weighted by Gasteiger charge is 2.04. The smallest absolute Gasteiger partial charge is 0.161 e. The summed E-state index contributed by atoms with van der Waals surface area (Å²) < 4.78 is 11.5. The van der Waals surface area contributed by atoms with Gasteiger partial charge in [-0.2, -0.15) is 0 Å². The Morgan fingerprint density at radius 1 is 0.952 bits per heavy atom. The molecule has 120 valence electrons. The van der Waals surface area contributed by atoms with Crippen molar-refractivity contribution < 1.29 is 9.47 Å². The van der Waals surface area contributed by atoms with Crippen molar-refractivity contribution >= 4 is 0 Å². The molecule has 1 aromatic rings. The number of unbranched alkanes of at least 4 members (excludes halogenated alkanes) is 2. The highest BCUT2D eigenvalue weighted by atomic mass is 16.5. The lowest BCUT2D eigenvalue weighted by Gasteiger charge is -2.15. The molecule has 0 saturated heterocycles. The van der Waals surface area contributed by atoms with Crippen molar-refractivity contribution in [1.29, 1.82) is 0 Å². The zero-order valence-corrected chi connectivity index (χ0v) is 13.9. The van der Waals surface area contributed by atoms with E-state index in [2.05, 4.69) is 26.1 Å². The van der Waals surface area contributed by atoms with Gasteiger partial charge >= 0.3 is 0 Å². The molecule has 1 unspecified atom stereocenters. The fraction of sp³-hybridized carbons (Fsp3) is 0.667. The van der Waals surface area contributed by atoms with Gasteiger partial charge in [-0.15, -0.1) is 0 Å². The second-order valence-electron chi connectivity index (χ2n) is 5.49. The standard InChI is InChI=1S/C18H31NO2/c1-4-6-7-10-16(3)19-13-15-21-18-12-9-8-11-17(18)20-14-5-2/h8-9,11-12,16,19H,4-7,10,13-15H2,1-3H3. The van der Waals surface area contributed by atoms with Crippen LogP contribution in [0.5, 0.6) is 11.5 Å². The predicted octanol–water partition coefficient (Wildman–Crippen LogP) is 4.41. The van der Waals surface area contributed by atoms with Crippen LogP contribution in [0.25, 0.3) is 0 Å². The van der Waals surface area contributed by atoms with Gasteiger partial charge in [-0.05, 0) is 31.9 Å². The molecule has 0 aromatic heterocycles. The summed E-state index contributed by atoms with van der Waals surface area (Å²) >= 11 is 0. The summed E-state index contributed by atoms with van der Waals surface area (Å²) in [5.41, 5.74) is 0. The van der Waals surface area contributed by atoms with Crippen LogP contribution < -0.4 is 14.8 Å². The lowest BCUT2D eigenvalue weighted by Crippen LogP contribution is -2.30. The predicted molar refractivity (Wildman–Crippen MR) is 89.3 cm³/mol. The van der Waals surface area contributed by atoms with Crippen LogP contribution in [0, 0.1) is 0 Å². The van der Waals surface area contributed by atoms with Gasteiger partial charge in [-0.1, -0.05) is 45.2 Å². The number of hydrogen-bond donors (Lipinski definition) is 1. The molecule has 0 amide bonds. The lowest BCUT2D eigenvalue weighted by molar-refractivity contribution is 0.264. The molecule has 3 heteroatoms. The summed E-state index contributed by atoms with van der Waals surface area (Å²) in [5.74, 6) is 1.68. The molecule has 0 radical (unpaired) electrons. The SMILES string of the molecule is CCCCCC(C)NCCOc1ccccc1OCCC. The van der Waals surface area contributed by atoms with Crippen molar-refractivity contribution in [2.45, 2.75) is 58.9 Å². The van der Waals surface area contributed by atoms with Crippen LogP contribution in [-0.4, -0.2) is 25.8 Å². The van der Waals surface area contributed by atoms with E-state index in [4.69, 9.17) is 9.47 Å². The zero-order chi connectivity index (χ0) is 15.3. The molecule has 21 heavy (non-hydrogen) atoms. The summed E-state index contributed by atoms with van der Waals surface area (Å²) in [7, 11) is 0. The zero-order valence-electron chi connectivity index (χ0n) is 13.9. The first-order valence-electron chi connectivity index (χ1n) is 8.35. The summed E-state index contributed by atoms with van der Waals surface area (Å²) in [5, 5.41) is 3.51. The normalized spacial score (nSPS) is 12.1. The van der Waals surface area contributed by atoms with Gasteiger partial charge in [0.25, 0.3) is 0 Å². The molecule has 1 rings (SSSR count). The van der Waals surface area contributed by atoms with Crippen molar-refractivity contribution in [2.24, 2.45) is 0 Å². The van der Waals surface area contributed by atoms with Crippen molar-refractivity contribution in [3.8, 4) is 11.5 Å². The molecular formula is C18H31NO2. The molecule has 0 fully saturated rings. The Morgan fingerprint density at radius 2 is 1.62 bits per heavy atom. The van der Waals surface area contributed by atoms with Crippen LogP contribution in [0.1, 0.15) is 52.9 Å². The second-order valence-corrected chi connectivity index (χ2v) is 5.49. The van der Waals surface area contributed by atoms with E-state index in [0.29, 0.717) is 12.6 Å². The summed E-state index contributed by atoms with van der Waals surface area (Å²) in [6.07, 6.45) is 6.16. The molecule has 0 aliphatic heterocycles. The minimum absolute atomic E-state index is 0.562. The fourth-order valence-electron chi connectivity index (χ4n) is 2.17. The van der Waals surface area contributed by atoms with Gasteiger partial charge in [-0.25, -0.2) is 0 Å². The van der Waals surface area contributed by atoms with Gasteiger partial charge in [0.2, 0.25) is 0 Å². The summed E-state index contributed by atoms with van der Waals surface area (Å²) in [4.78, 5) is 0. The van der Waals surface area contributed by atoms with Crippen molar-refractivity contribution in [2.75, 3.05) is 19.8 Å². The average molecular weight is 293 g/mol. The van der Waals surface area contributed by atoms with Crippen LogP contribution in [0.3, 0.4) is 0 Å². The minimum Gasteiger partial charge on any atom is -0.490 e. The first-order valence-corrected chi connectivity index (χ1v) is 8.35. The van der Waals surface area contributed by atoms with Gasteiger partial charge in [0.1, 0.15) is 6.61 Å². The third-order valence-electron chi connectivity index (χ3n) is 3.40. The van der Waals surface area contributed by atoms with Crippen LogP contribution in [0.4, 0.5) is 0 Å². The maximum absolute atomic E-state index is 5.82. The Hall–Kier alpha value is -1.22. The van der Waals surface area contributed by atoms with E-state index < -0.39 is 0 Å². The quantitative estimate of drug-likeness (QED) is 0.579. The van der Waals surface area contributed by atoms with Crippen molar-refractivity contribution in [3.05, 3.63) is 24.3 Å². The van der Waals surface area contributed by atoms with Crippen molar-refractivity contribution in [3.63, 3.8) is 0 Å². The average Bonchev–Trinajstić information content (AvgIpc) is 2.50. The summed E-state index contributed by atoms with van der Waals surface area (Å²) in [6.45, 7) is 8.86. The Morgan fingerprint density at radius 3 is 2.24 bits per heavy atom. The number of ether oxygens (including phenoxy) is 2. The van der Waals surface area contributed by atoms with Gasteiger partial charge < -0.3 is 14.8 Å². The topological polar surface area (TPSA) is 30.5 Å². The van der Waals surface area contributed by atoms with Crippen LogP contribution >= 0.6 is 0 Å². The van der Waals surface area contributed by atoms with E-state index in [1.807, 2.05) is 24.3 Å². The first-order chi connectivity index (χ1) is 10.3. The number of hydrogen-bond acceptors (Lipinski definition) is 3. The van der Waals surface area contributed by atoms with E-state index in [1.54, 1.807) is 0 Å². The highest BCUT2D eigenvalue weighted by molar-refractivity contribution is 5.39. The molecule has 0 aliphatic carbocycles. The molecule has 1 aromatic carbocycles. The maximum Gasteiger partial charge on any atom is 0.161 e. The van der Waals surface area contributed by atoms with E-state index in [0.717, 1.165) is 31.1 Å². The van der Waals surface area contributed by atoms with Crippen molar-refractivity contribution in [1.82, 2.24) is 5.32 Å². The van der Waals surface area contributed by atoms with Gasteiger partial charge in [0.05, 0.1) is 6.61 Å². The van der Waals surface area contributed by atoms with Crippen LogP contribution in [-0.2, 0) is 0 Å². The molecule has 0 aliphatic rings. The molecule has 1 N–H and O–H groups in total. The van der Waals surface area contributed by atoms with Gasteiger partial charge in [0, 0.05) is 12.6 Å². The van der Waals surface area contributed by atoms with Gasteiger partial charge in [0.15, 0.2) is 11.5 Å². The van der Waals surface area contributed by atoms with E-state index in [1.165, 1.54) is 25.7 Å².